The quantitative estimate of drug-likeness (QED) is 0.336. The molecule has 2 aromatic carbocycles. The number of carbonyl (C=O) groups excluding carboxylic acids is 1. The zero-order chi connectivity index (χ0) is 24.5. The van der Waals surface area contributed by atoms with Crippen LogP contribution in [-0.2, 0) is 16.8 Å². The van der Waals surface area contributed by atoms with Gasteiger partial charge in [-0.05, 0) is 55.5 Å². The van der Waals surface area contributed by atoms with Gasteiger partial charge in [0.2, 0.25) is 0 Å². The van der Waals surface area contributed by atoms with E-state index in [1.165, 1.54) is 23.5 Å². The SMILES string of the molecule is Cc1cccc(-n2nc(C(=O)Nc3ccc(F)c(CS(=O)[O-])c3)cc2-c2ccc3ncsc3c2)n1. The topological polar surface area (TPSA) is 113 Å². The van der Waals surface area contributed by atoms with E-state index >= 15 is 0 Å². The van der Waals surface area contributed by atoms with E-state index in [0.717, 1.165) is 27.5 Å². The minimum absolute atomic E-state index is 0.0378. The van der Waals surface area contributed by atoms with E-state index in [9.17, 15) is 17.9 Å². The number of aryl methyl sites for hydroxylation is 1. The molecule has 1 N–H and O–H groups in total. The van der Waals surface area contributed by atoms with Gasteiger partial charge in [0.05, 0.1) is 21.4 Å². The number of pyridine rings is 1. The summed E-state index contributed by atoms with van der Waals surface area (Å²) in [6.07, 6.45) is 0. The number of anilines is 1. The number of rotatable bonds is 6. The lowest BCUT2D eigenvalue weighted by Gasteiger charge is -2.09. The number of amides is 1. The van der Waals surface area contributed by atoms with E-state index in [0.29, 0.717) is 11.5 Å². The molecule has 0 saturated heterocycles. The normalized spacial score (nSPS) is 12.1. The van der Waals surface area contributed by atoms with Crippen LogP contribution in [0.25, 0.3) is 27.3 Å². The molecule has 0 bridgehead atoms. The fraction of sp³-hybridized carbons (Fsp3) is 0.0833. The average molecular weight is 507 g/mol. The second-order valence-corrected chi connectivity index (χ2v) is 9.49. The van der Waals surface area contributed by atoms with Crippen LogP contribution >= 0.6 is 11.3 Å². The van der Waals surface area contributed by atoms with Crippen molar-refractivity contribution in [2.24, 2.45) is 0 Å². The second kappa shape index (κ2) is 9.45. The first-order valence-electron chi connectivity index (χ1n) is 10.4. The van der Waals surface area contributed by atoms with Gasteiger partial charge in [0, 0.05) is 28.3 Å². The zero-order valence-corrected chi connectivity index (χ0v) is 19.9. The molecule has 0 spiro atoms. The number of hydrogen-bond donors (Lipinski definition) is 1. The van der Waals surface area contributed by atoms with Crippen LogP contribution in [0, 0.1) is 12.7 Å². The molecule has 0 saturated carbocycles. The Labute approximate surface area is 205 Å². The van der Waals surface area contributed by atoms with Crippen LogP contribution in [0.15, 0.2) is 66.2 Å². The largest absolute Gasteiger partial charge is 0.772 e. The predicted octanol–water partition coefficient (Wildman–Crippen LogP) is 4.62. The fourth-order valence-corrected chi connectivity index (χ4v) is 4.81. The Kier molecular flexibility index (Phi) is 6.20. The Morgan fingerprint density at radius 3 is 2.83 bits per heavy atom. The minimum Gasteiger partial charge on any atom is -0.772 e. The number of halogens is 1. The third kappa shape index (κ3) is 4.87. The van der Waals surface area contributed by atoms with Crippen molar-refractivity contribution in [3.8, 4) is 17.1 Å². The van der Waals surface area contributed by atoms with E-state index < -0.39 is 28.6 Å². The van der Waals surface area contributed by atoms with Crippen molar-refractivity contribution in [2.75, 3.05) is 5.32 Å². The maximum Gasteiger partial charge on any atom is 0.276 e. The van der Waals surface area contributed by atoms with Gasteiger partial charge in [-0.15, -0.1) is 11.3 Å². The molecule has 0 aliphatic heterocycles. The van der Waals surface area contributed by atoms with Crippen molar-refractivity contribution in [3.63, 3.8) is 0 Å². The van der Waals surface area contributed by atoms with Crippen LogP contribution < -0.4 is 5.32 Å². The number of fused-ring (bicyclic) bond motifs is 1. The van der Waals surface area contributed by atoms with Crippen LogP contribution in [0.1, 0.15) is 21.7 Å². The molecule has 11 heteroatoms. The number of thiazole rings is 1. The summed E-state index contributed by atoms with van der Waals surface area (Å²) in [5.74, 6) is -1.14. The van der Waals surface area contributed by atoms with Crippen LogP contribution in [0.5, 0.6) is 0 Å². The molecule has 5 aromatic rings. The van der Waals surface area contributed by atoms with Crippen molar-refractivity contribution in [1.82, 2.24) is 19.7 Å². The molecule has 0 aliphatic rings. The molecule has 3 heterocycles. The molecule has 35 heavy (non-hydrogen) atoms. The average Bonchev–Trinajstić information content (AvgIpc) is 3.48. The van der Waals surface area contributed by atoms with E-state index in [2.05, 4.69) is 20.4 Å². The smallest absolute Gasteiger partial charge is 0.276 e. The first-order chi connectivity index (χ1) is 16.9. The van der Waals surface area contributed by atoms with Gasteiger partial charge in [0.25, 0.3) is 5.91 Å². The predicted molar refractivity (Wildman–Crippen MR) is 132 cm³/mol. The molecule has 3 aromatic heterocycles. The molecule has 176 valence electrons. The molecule has 1 unspecified atom stereocenters. The standard InChI is InChI=1S/C24H18FN5O3S2/c1-14-3-2-4-23(27-14)30-21(15-5-8-19-22(10-15)34-13-26-19)11-20(29-30)24(31)28-17-6-7-18(25)16(9-17)12-35(32)33/h2-11,13H,12H2,1H3,(H,28,31)(H,32,33)/p-1. The molecule has 1 amide bonds. The van der Waals surface area contributed by atoms with Gasteiger partial charge in [0.1, 0.15) is 5.82 Å². The Hall–Kier alpha value is -3.80. The van der Waals surface area contributed by atoms with E-state index in [-0.39, 0.29) is 16.9 Å². The van der Waals surface area contributed by atoms with Crippen molar-refractivity contribution in [1.29, 1.82) is 0 Å². The van der Waals surface area contributed by atoms with E-state index in [1.54, 1.807) is 22.3 Å². The highest BCUT2D eigenvalue weighted by molar-refractivity contribution is 7.78. The van der Waals surface area contributed by atoms with Crippen LogP contribution in [0.3, 0.4) is 0 Å². The summed E-state index contributed by atoms with van der Waals surface area (Å²) in [5.41, 5.74) is 5.27. The van der Waals surface area contributed by atoms with Gasteiger partial charge < -0.3 is 9.87 Å². The molecule has 1 atom stereocenters. The summed E-state index contributed by atoms with van der Waals surface area (Å²) in [5, 5.41) is 7.18. The number of aromatic nitrogens is 4. The van der Waals surface area contributed by atoms with Gasteiger partial charge in [-0.25, -0.2) is 19.0 Å². The zero-order valence-electron chi connectivity index (χ0n) is 18.3. The number of carbonyl (C=O) groups is 1. The summed E-state index contributed by atoms with van der Waals surface area (Å²) in [6.45, 7) is 1.87. The third-order valence-electron chi connectivity index (χ3n) is 5.24. The Balaban J connectivity index is 1.54. The van der Waals surface area contributed by atoms with Gasteiger partial charge in [-0.3, -0.25) is 9.00 Å². The summed E-state index contributed by atoms with van der Waals surface area (Å²) in [7, 11) is 0. The maximum atomic E-state index is 13.9. The first-order valence-corrected chi connectivity index (χ1v) is 12.5. The lowest BCUT2D eigenvalue weighted by Crippen LogP contribution is -2.14. The molecule has 0 aliphatic carbocycles. The fourth-order valence-electron chi connectivity index (χ4n) is 3.62. The molecular weight excluding hydrogens is 489 g/mol. The summed E-state index contributed by atoms with van der Waals surface area (Å²) < 4.78 is 38.5. The number of hydrogen-bond acceptors (Lipinski definition) is 7. The van der Waals surface area contributed by atoms with Gasteiger partial charge in [-0.2, -0.15) is 5.10 Å². The van der Waals surface area contributed by atoms with Crippen LogP contribution in [0.2, 0.25) is 0 Å². The summed E-state index contributed by atoms with van der Waals surface area (Å²) >= 11 is -0.953. The highest BCUT2D eigenvalue weighted by Gasteiger charge is 2.19. The summed E-state index contributed by atoms with van der Waals surface area (Å²) in [4.78, 5) is 21.9. The Morgan fingerprint density at radius 1 is 1.17 bits per heavy atom. The van der Waals surface area contributed by atoms with Crippen molar-refractivity contribution in [3.05, 3.63) is 88.9 Å². The molecular formula is C24H17FN5O3S2-. The third-order valence-corrected chi connectivity index (χ3v) is 6.58. The molecule has 0 radical (unpaired) electrons. The molecule has 0 fully saturated rings. The maximum absolute atomic E-state index is 13.9. The van der Waals surface area contributed by atoms with Gasteiger partial charge in [-0.1, -0.05) is 23.2 Å². The first kappa shape index (κ1) is 23.0. The summed E-state index contributed by atoms with van der Waals surface area (Å²) in [6, 6.07) is 16.7. The minimum atomic E-state index is -2.46. The van der Waals surface area contributed by atoms with Crippen molar-refractivity contribution in [2.45, 2.75) is 12.7 Å². The van der Waals surface area contributed by atoms with Gasteiger partial charge in [0.15, 0.2) is 11.5 Å². The van der Waals surface area contributed by atoms with Gasteiger partial charge >= 0.3 is 0 Å². The van der Waals surface area contributed by atoms with Crippen LogP contribution in [0.4, 0.5) is 10.1 Å². The number of nitrogens with one attached hydrogen (secondary N) is 1. The van der Waals surface area contributed by atoms with Crippen LogP contribution in [-0.4, -0.2) is 34.4 Å². The van der Waals surface area contributed by atoms with Crippen molar-refractivity contribution >= 4 is 44.2 Å². The van der Waals surface area contributed by atoms with Crippen molar-refractivity contribution < 1.29 is 17.9 Å². The Bertz CT molecular complexity index is 1600. The number of nitrogens with zero attached hydrogens (tertiary/aromatic N) is 4. The highest BCUT2D eigenvalue weighted by atomic mass is 32.2. The lowest BCUT2D eigenvalue weighted by atomic mass is 10.1. The molecule has 8 nitrogen and oxygen atoms in total. The van der Waals surface area contributed by atoms with E-state index in [4.69, 9.17) is 0 Å². The number of benzene rings is 2. The molecule has 5 rings (SSSR count). The highest BCUT2D eigenvalue weighted by Crippen LogP contribution is 2.29. The lowest BCUT2D eigenvalue weighted by molar-refractivity contribution is 0.102. The second-order valence-electron chi connectivity index (χ2n) is 7.71. The Morgan fingerprint density at radius 2 is 2.03 bits per heavy atom. The van der Waals surface area contributed by atoms with E-state index in [1.807, 2.05) is 37.3 Å². The monoisotopic (exact) mass is 506 g/mol.